The Morgan fingerprint density at radius 1 is 0.739 bits per heavy atom. The Hall–Kier alpha value is -1.21. The molecule has 0 atom stereocenters. The maximum atomic E-state index is 13.1. The Labute approximate surface area is 137 Å². The van der Waals surface area contributed by atoms with Crippen molar-refractivity contribution >= 4 is 0 Å². The van der Waals surface area contributed by atoms with Gasteiger partial charge in [-0.1, -0.05) is 0 Å². The van der Waals surface area contributed by atoms with E-state index in [1.165, 1.54) is 12.1 Å². The van der Waals surface area contributed by atoms with Crippen molar-refractivity contribution in [3.05, 3.63) is 30.1 Å². The normalized spacial score (nSPS) is 11.7. The maximum absolute atomic E-state index is 13.1. The zero-order chi connectivity index (χ0) is 17.1. The van der Waals surface area contributed by atoms with E-state index in [0.717, 1.165) is 0 Å². The summed E-state index contributed by atoms with van der Waals surface area (Å²) in [6.07, 6.45) is -1.95. The minimum absolute atomic E-state index is 0.328. The summed E-state index contributed by atoms with van der Waals surface area (Å²) in [4.78, 5) is 0. The van der Waals surface area contributed by atoms with E-state index in [4.69, 9.17) is 23.7 Å². The summed E-state index contributed by atoms with van der Waals surface area (Å²) >= 11 is 0. The molecule has 5 nitrogen and oxygen atoms in total. The molecule has 0 saturated heterocycles. The Morgan fingerprint density at radius 2 is 1.13 bits per heavy atom. The summed E-state index contributed by atoms with van der Waals surface area (Å²) in [7, 11) is 0. The molecule has 1 aromatic rings. The highest BCUT2D eigenvalue weighted by Crippen LogP contribution is 2.20. The molecule has 0 radical (unpaired) electrons. The molecular weight excluding hydrogens is 303 g/mol. The molecule has 0 N–H and O–H groups in total. The first-order valence-electron chi connectivity index (χ1n) is 8.04. The third kappa shape index (κ3) is 6.83. The molecule has 0 spiro atoms. The molecule has 23 heavy (non-hydrogen) atoms. The van der Waals surface area contributed by atoms with Gasteiger partial charge in [-0.3, -0.25) is 0 Å². The van der Waals surface area contributed by atoms with E-state index in [1.807, 2.05) is 27.7 Å². The predicted octanol–water partition coefficient (Wildman–Crippen LogP) is 3.37. The van der Waals surface area contributed by atoms with Gasteiger partial charge in [0.15, 0.2) is 18.7 Å². The van der Waals surface area contributed by atoms with E-state index < -0.39 is 18.7 Å². The fourth-order valence-corrected chi connectivity index (χ4v) is 2.04. The van der Waals surface area contributed by atoms with E-state index in [0.29, 0.717) is 32.2 Å². The number of ether oxygens (including phenoxy) is 5. The van der Waals surface area contributed by atoms with Crippen LogP contribution in [0.2, 0.25) is 0 Å². The van der Waals surface area contributed by atoms with E-state index in [9.17, 15) is 4.39 Å². The second kappa shape index (κ2) is 11.3. The summed E-state index contributed by atoms with van der Waals surface area (Å²) < 4.78 is 41.5. The highest BCUT2D eigenvalue weighted by atomic mass is 19.1. The van der Waals surface area contributed by atoms with Crippen LogP contribution >= 0.6 is 0 Å². The fourth-order valence-electron chi connectivity index (χ4n) is 2.04. The zero-order valence-corrected chi connectivity index (χ0v) is 14.3. The summed E-state index contributed by atoms with van der Waals surface area (Å²) in [5.41, 5.74) is 0. The first-order chi connectivity index (χ1) is 11.2. The number of rotatable bonds is 12. The van der Waals surface area contributed by atoms with Crippen LogP contribution in [-0.2, 0) is 18.9 Å². The van der Waals surface area contributed by atoms with E-state index >= 15 is 0 Å². The van der Waals surface area contributed by atoms with Gasteiger partial charge in [-0.25, -0.2) is 4.39 Å². The van der Waals surface area contributed by atoms with E-state index in [2.05, 4.69) is 0 Å². The molecule has 0 aliphatic rings. The van der Waals surface area contributed by atoms with Crippen LogP contribution in [-0.4, -0.2) is 45.1 Å². The van der Waals surface area contributed by atoms with Crippen LogP contribution in [0.3, 0.4) is 0 Å². The molecular formula is C17H27FO5. The van der Waals surface area contributed by atoms with Gasteiger partial charge in [0.05, 0.1) is 0 Å². The zero-order valence-electron chi connectivity index (χ0n) is 14.3. The summed E-state index contributed by atoms with van der Waals surface area (Å²) in [6, 6.07) is 5.76. The number of benzene rings is 1. The van der Waals surface area contributed by atoms with Gasteiger partial charge >= 0.3 is 0 Å². The molecule has 132 valence electrons. The lowest BCUT2D eigenvalue weighted by atomic mass is 10.3. The summed E-state index contributed by atoms with van der Waals surface area (Å²) in [5, 5.41) is 0. The van der Waals surface area contributed by atoms with Gasteiger partial charge in [-0.15, -0.1) is 0 Å². The predicted molar refractivity (Wildman–Crippen MR) is 84.9 cm³/mol. The highest BCUT2D eigenvalue weighted by molar-refractivity contribution is 5.22. The molecule has 0 fully saturated rings. The Kier molecular flexibility index (Phi) is 9.78. The Morgan fingerprint density at radius 3 is 1.48 bits per heavy atom. The van der Waals surface area contributed by atoms with Crippen molar-refractivity contribution in [3.63, 3.8) is 0 Å². The monoisotopic (exact) mass is 330 g/mol. The molecule has 1 rings (SSSR count). The lowest BCUT2D eigenvalue weighted by Gasteiger charge is -2.32. The van der Waals surface area contributed by atoms with Crippen LogP contribution in [0.5, 0.6) is 5.75 Å². The summed E-state index contributed by atoms with van der Waals surface area (Å²) in [5.74, 6) is 0.163. The van der Waals surface area contributed by atoms with Crippen LogP contribution in [0.25, 0.3) is 0 Å². The molecule has 6 heteroatoms. The van der Waals surface area contributed by atoms with Gasteiger partial charge in [-0.2, -0.15) is 0 Å². The second-order valence-corrected chi connectivity index (χ2v) is 4.59. The van der Waals surface area contributed by atoms with E-state index in [1.54, 1.807) is 12.1 Å². The number of halogens is 1. The van der Waals surface area contributed by atoms with Crippen molar-refractivity contribution in [2.45, 2.75) is 46.4 Å². The van der Waals surface area contributed by atoms with Gasteiger partial charge in [0.2, 0.25) is 0 Å². The van der Waals surface area contributed by atoms with Crippen LogP contribution < -0.4 is 4.74 Å². The van der Waals surface area contributed by atoms with Crippen molar-refractivity contribution in [2.75, 3.05) is 26.4 Å². The average molecular weight is 330 g/mol. The molecule has 0 amide bonds. The molecule has 0 aliphatic heterocycles. The summed E-state index contributed by atoms with van der Waals surface area (Å²) in [6.45, 7) is 9.32. The van der Waals surface area contributed by atoms with Gasteiger partial charge in [-0.05, 0) is 52.0 Å². The standard InChI is InChI=1S/C17H27FO5/c1-5-19-16(20-6-2)15(17(21-7-3)22-8-4)23-14-11-9-13(18)10-12-14/h9-12,15-17H,5-8H2,1-4H3. The molecule has 0 saturated carbocycles. The highest BCUT2D eigenvalue weighted by Gasteiger charge is 2.34. The minimum atomic E-state index is -0.654. The molecule has 0 aromatic heterocycles. The van der Waals surface area contributed by atoms with Crippen molar-refractivity contribution < 1.29 is 28.1 Å². The molecule has 0 aliphatic carbocycles. The SMILES string of the molecule is CCOC(OCC)C(Oc1ccc(F)cc1)C(OCC)OCC. The number of hydrogen-bond donors (Lipinski definition) is 0. The van der Waals surface area contributed by atoms with Crippen molar-refractivity contribution in [1.82, 2.24) is 0 Å². The average Bonchev–Trinajstić information content (AvgIpc) is 2.54. The molecule has 0 unspecified atom stereocenters. The van der Waals surface area contributed by atoms with Crippen LogP contribution in [0.4, 0.5) is 4.39 Å². The first kappa shape index (κ1) is 19.8. The topological polar surface area (TPSA) is 46.2 Å². The van der Waals surface area contributed by atoms with Crippen molar-refractivity contribution in [1.29, 1.82) is 0 Å². The van der Waals surface area contributed by atoms with Crippen LogP contribution in [0.1, 0.15) is 27.7 Å². The second-order valence-electron chi connectivity index (χ2n) is 4.59. The first-order valence-corrected chi connectivity index (χ1v) is 8.04. The third-order valence-corrected chi connectivity index (χ3v) is 2.95. The largest absolute Gasteiger partial charge is 0.480 e. The maximum Gasteiger partial charge on any atom is 0.200 e. The third-order valence-electron chi connectivity index (χ3n) is 2.95. The molecule has 0 heterocycles. The van der Waals surface area contributed by atoms with Crippen LogP contribution in [0.15, 0.2) is 24.3 Å². The Balaban J connectivity index is 2.97. The van der Waals surface area contributed by atoms with Crippen molar-refractivity contribution in [2.24, 2.45) is 0 Å². The van der Waals surface area contributed by atoms with Gasteiger partial charge in [0.25, 0.3) is 0 Å². The smallest absolute Gasteiger partial charge is 0.200 e. The van der Waals surface area contributed by atoms with Gasteiger partial charge in [0, 0.05) is 26.4 Å². The fraction of sp³-hybridized carbons (Fsp3) is 0.647. The lowest BCUT2D eigenvalue weighted by Crippen LogP contribution is -2.47. The van der Waals surface area contributed by atoms with Gasteiger partial charge < -0.3 is 23.7 Å². The quantitative estimate of drug-likeness (QED) is 0.550. The molecule has 1 aromatic carbocycles. The van der Waals surface area contributed by atoms with Gasteiger partial charge in [0.1, 0.15) is 11.6 Å². The Bertz CT molecular complexity index is 384. The molecule has 0 bridgehead atoms. The minimum Gasteiger partial charge on any atom is -0.480 e. The van der Waals surface area contributed by atoms with Crippen LogP contribution in [0, 0.1) is 5.82 Å². The van der Waals surface area contributed by atoms with E-state index in [-0.39, 0.29) is 5.82 Å². The van der Waals surface area contributed by atoms with Crippen molar-refractivity contribution in [3.8, 4) is 5.75 Å². The number of hydrogen-bond acceptors (Lipinski definition) is 5. The lowest BCUT2D eigenvalue weighted by molar-refractivity contribution is -0.261.